The van der Waals surface area contributed by atoms with Gasteiger partial charge in [0.2, 0.25) is 0 Å². The lowest BCUT2D eigenvalue weighted by molar-refractivity contribution is -0.147. The standard InChI is InChI=1S/C15H20N2O4/c1-20-14(18)13-9-12(16)7-8-17(13)15(19)21-10-11-5-3-2-4-6-11/h2-6,12-13H,7-10,16H2,1H3. The summed E-state index contributed by atoms with van der Waals surface area (Å²) in [7, 11) is 1.30. The Morgan fingerprint density at radius 1 is 1.33 bits per heavy atom. The highest BCUT2D eigenvalue weighted by molar-refractivity contribution is 5.81. The summed E-state index contributed by atoms with van der Waals surface area (Å²) < 4.78 is 10.0. The van der Waals surface area contributed by atoms with Crippen molar-refractivity contribution < 1.29 is 19.1 Å². The van der Waals surface area contributed by atoms with Crippen LogP contribution < -0.4 is 5.73 Å². The second-order valence-electron chi connectivity index (χ2n) is 5.06. The van der Waals surface area contributed by atoms with Crippen molar-refractivity contribution in [3.05, 3.63) is 35.9 Å². The van der Waals surface area contributed by atoms with Gasteiger partial charge in [0.25, 0.3) is 0 Å². The maximum atomic E-state index is 12.2. The van der Waals surface area contributed by atoms with Crippen molar-refractivity contribution in [2.75, 3.05) is 13.7 Å². The smallest absolute Gasteiger partial charge is 0.410 e. The Labute approximate surface area is 123 Å². The highest BCUT2D eigenvalue weighted by Gasteiger charge is 2.36. The van der Waals surface area contributed by atoms with Crippen LogP contribution in [0.2, 0.25) is 0 Å². The van der Waals surface area contributed by atoms with Crippen molar-refractivity contribution in [2.45, 2.75) is 31.5 Å². The Bertz CT molecular complexity index is 492. The van der Waals surface area contributed by atoms with E-state index in [9.17, 15) is 9.59 Å². The van der Waals surface area contributed by atoms with Gasteiger partial charge in [0, 0.05) is 12.6 Å². The molecule has 1 heterocycles. The van der Waals surface area contributed by atoms with Crippen LogP contribution in [0.25, 0.3) is 0 Å². The summed E-state index contributed by atoms with van der Waals surface area (Å²) in [5.41, 5.74) is 6.76. The summed E-state index contributed by atoms with van der Waals surface area (Å²) in [6.07, 6.45) is 0.530. The van der Waals surface area contributed by atoms with Crippen molar-refractivity contribution in [3.63, 3.8) is 0 Å². The average Bonchev–Trinajstić information content (AvgIpc) is 2.52. The molecule has 2 unspecified atom stereocenters. The Kier molecular flexibility index (Phi) is 5.16. The van der Waals surface area contributed by atoms with Gasteiger partial charge in [0.1, 0.15) is 12.6 Å². The van der Waals surface area contributed by atoms with Crippen molar-refractivity contribution in [3.8, 4) is 0 Å². The largest absolute Gasteiger partial charge is 0.467 e. The Morgan fingerprint density at radius 2 is 2.05 bits per heavy atom. The fourth-order valence-corrected chi connectivity index (χ4v) is 2.37. The van der Waals surface area contributed by atoms with Gasteiger partial charge in [-0.05, 0) is 18.4 Å². The monoisotopic (exact) mass is 292 g/mol. The number of piperidine rings is 1. The van der Waals surface area contributed by atoms with E-state index < -0.39 is 18.1 Å². The Morgan fingerprint density at radius 3 is 2.71 bits per heavy atom. The number of ether oxygens (including phenoxy) is 2. The molecule has 1 saturated heterocycles. The van der Waals surface area contributed by atoms with Gasteiger partial charge in [-0.2, -0.15) is 0 Å². The minimum atomic E-state index is -0.665. The van der Waals surface area contributed by atoms with Gasteiger partial charge < -0.3 is 15.2 Å². The molecule has 2 rings (SSSR count). The number of nitrogens with zero attached hydrogens (tertiary/aromatic N) is 1. The second-order valence-corrected chi connectivity index (χ2v) is 5.06. The third-order valence-electron chi connectivity index (χ3n) is 3.56. The van der Waals surface area contributed by atoms with Crippen LogP contribution in [0.3, 0.4) is 0 Å². The predicted molar refractivity (Wildman–Crippen MR) is 76.3 cm³/mol. The molecule has 21 heavy (non-hydrogen) atoms. The fourth-order valence-electron chi connectivity index (χ4n) is 2.37. The van der Waals surface area contributed by atoms with Crippen LogP contribution in [-0.2, 0) is 20.9 Å². The first-order chi connectivity index (χ1) is 10.1. The van der Waals surface area contributed by atoms with Gasteiger partial charge in [0.05, 0.1) is 7.11 Å². The van der Waals surface area contributed by atoms with Gasteiger partial charge in [0.15, 0.2) is 0 Å². The SMILES string of the molecule is COC(=O)C1CC(N)CCN1C(=O)OCc1ccccc1. The number of benzene rings is 1. The van der Waals surface area contributed by atoms with E-state index in [1.807, 2.05) is 30.3 Å². The molecular weight excluding hydrogens is 272 g/mol. The van der Waals surface area contributed by atoms with Crippen LogP contribution >= 0.6 is 0 Å². The minimum absolute atomic E-state index is 0.104. The van der Waals surface area contributed by atoms with Gasteiger partial charge in [-0.1, -0.05) is 30.3 Å². The quantitative estimate of drug-likeness (QED) is 0.849. The van der Waals surface area contributed by atoms with Crippen molar-refractivity contribution >= 4 is 12.1 Å². The Balaban J connectivity index is 1.97. The number of carbonyl (C=O) groups is 2. The van der Waals surface area contributed by atoms with Gasteiger partial charge in [-0.25, -0.2) is 9.59 Å². The van der Waals surface area contributed by atoms with E-state index in [0.29, 0.717) is 19.4 Å². The summed E-state index contributed by atoms with van der Waals surface area (Å²) in [5, 5.41) is 0. The van der Waals surface area contributed by atoms with Crippen LogP contribution in [0.5, 0.6) is 0 Å². The minimum Gasteiger partial charge on any atom is -0.467 e. The fraction of sp³-hybridized carbons (Fsp3) is 0.467. The van der Waals surface area contributed by atoms with Crippen LogP contribution in [0, 0.1) is 0 Å². The lowest BCUT2D eigenvalue weighted by atomic mass is 9.98. The summed E-state index contributed by atoms with van der Waals surface area (Å²) in [6, 6.07) is 8.62. The molecule has 1 aliphatic heterocycles. The first kappa shape index (κ1) is 15.3. The zero-order chi connectivity index (χ0) is 15.2. The number of rotatable bonds is 3. The molecule has 0 saturated carbocycles. The summed E-state index contributed by atoms with van der Waals surface area (Å²) >= 11 is 0. The van der Waals surface area contributed by atoms with Gasteiger partial charge >= 0.3 is 12.1 Å². The van der Waals surface area contributed by atoms with E-state index in [1.54, 1.807) is 0 Å². The molecule has 1 aromatic rings. The molecule has 0 radical (unpaired) electrons. The zero-order valence-corrected chi connectivity index (χ0v) is 12.0. The van der Waals surface area contributed by atoms with E-state index in [1.165, 1.54) is 12.0 Å². The molecule has 1 amide bonds. The van der Waals surface area contributed by atoms with E-state index >= 15 is 0 Å². The van der Waals surface area contributed by atoms with Gasteiger partial charge in [-0.15, -0.1) is 0 Å². The first-order valence-electron chi connectivity index (χ1n) is 6.92. The van der Waals surface area contributed by atoms with Crippen molar-refractivity contribution in [1.29, 1.82) is 0 Å². The molecule has 0 spiro atoms. The van der Waals surface area contributed by atoms with Crippen LogP contribution in [0.15, 0.2) is 30.3 Å². The molecule has 1 aromatic carbocycles. The molecule has 6 heteroatoms. The predicted octanol–water partition coefficient (Wildman–Crippen LogP) is 1.29. The Hall–Kier alpha value is -2.08. The maximum Gasteiger partial charge on any atom is 0.410 e. The number of hydrogen-bond acceptors (Lipinski definition) is 5. The molecule has 6 nitrogen and oxygen atoms in total. The molecule has 2 N–H and O–H groups in total. The number of carbonyl (C=O) groups excluding carboxylic acids is 2. The highest BCUT2D eigenvalue weighted by atomic mass is 16.6. The highest BCUT2D eigenvalue weighted by Crippen LogP contribution is 2.19. The first-order valence-corrected chi connectivity index (χ1v) is 6.92. The van der Waals surface area contributed by atoms with E-state index in [0.717, 1.165) is 5.56 Å². The number of hydrogen-bond donors (Lipinski definition) is 1. The second kappa shape index (κ2) is 7.08. The molecule has 1 aliphatic rings. The van der Waals surface area contributed by atoms with Crippen LogP contribution in [0.1, 0.15) is 18.4 Å². The third kappa shape index (κ3) is 3.95. The van der Waals surface area contributed by atoms with Crippen molar-refractivity contribution in [1.82, 2.24) is 4.90 Å². The topological polar surface area (TPSA) is 81.9 Å². The van der Waals surface area contributed by atoms with Crippen LogP contribution in [-0.4, -0.2) is 42.7 Å². The third-order valence-corrected chi connectivity index (χ3v) is 3.56. The summed E-state index contributed by atoms with van der Waals surface area (Å²) in [4.78, 5) is 25.3. The molecule has 0 aromatic heterocycles. The molecule has 1 fully saturated rings. The van der Waals surface area contributed by atoms with E-state index in [2.05, 4.69) is 0 Å². The zero-order valence-electron chi connectivity index (χ0n) is 12.0. The average molecular weight is 292 g/mol. The molecule has 0 aliphatic carbocycles. The van der Waals surface area contributed by atoms with Crippen LogP contribution in [0.4, 0.5) is 4.79 Å². The number of amides is 1. The maximum absolute atomic E-state index is 12.2. The van der Waals surface area contributed by atoms with E-state index in [-0.39, 0.29) is 12.6 Å². The van der Waals surface area contributed by atoms with Gasteiger partial charge in [-0.3, -0.25) is 4.90 Å². The summed E-state index contributed by atoms with van der Waals surface area (Å²) in [6.45, 7) is 0.574. The van der Waals surface area contributed by atoms with E-state index in [4.69, 9.17) is 15.2 Å². The number of nitrogens with two attached hydrogens (primary N) is 1. The lowest BCUT2D eigenvalue weighted by Crippen LogP contribution is -2.53. The molecule has 0 bridgehead atoms. The van der Waals surface area contributed by atoms with Crippen molar-refractivity contribution in [2.24, 2.45) is 5.73 Å². The summed E-state index contributed by atoms with van der Waals surface area (Å²) in [5.74, 6) is -0.457. The lowest BCUT2D eigenvalue weighted by Gasteiger charge is -2.35. The number of methoxy groups -OCH3 is 1. The normalized spacial score (nSPS) is 21.7. The molecule has 114 valence electrons. The number of likely N-dealkylation sites (tertiary alicyclic amines) is 1. The molecular formula is C15H20N2O4. The molecule has 2 atom stereocenters. The number of esters is 1.